The number of hydrogen-bond donors (Lipinski definition) is 0. The standard InChI is InChI=1S/C20H21Cl2N3OS.ClH/c1-24(2)10-5-11-25(19(26)12-14-6-3-4-7-16(14)22)20-23-17-9-8-15(21)13-18(17)27-20;/h3-4,6-9,13H,5,10-12H2,1-2H3;1H. The van der Waals surface area contributed by atoms with Crippen molar-refractivity contribution in [1.82, 2.24) is 9.88 Å². The molecular formula is C20H22Cl3N3OS. The van der Waals surface area contributed by atoms with E-state index in [0.29, 0.717) is 21.7 Å². The van der Waals surface area contributed by atoms with E-state index < -0.39 is 0 Å². The highest BCUT2D eigenvalue weighted by molar-refractivity contribution is 7.22. The predicted octanol–water partition coefficient (Wildman–Crippen LogP) is 5.55. The van der Waals surface area contributed by atoms with Crippen LogP contribution in [0.4, 0.5) is 5.13 Å². The van der Waals surface area contributed by atoms with Crippen molar-refractivity contribution < 1.29 is 4.79 Å². The van der Waals surface area contributed by atoms with Crippen LogP contribution in [-0.4, -0.2) is 43.0 Å². The maximum absolute atomic E-state index is 13.1. The Morgan fingerprint density at radius 2 is 1.86 bits per heavy atom. The van der Waals surface area contributed by atoms with Gasteiger partial charge in [0.1, 0.15) is 0 Å². The van der Waals surface area contributed by atoms with Gasteiger partial charge in [0.25, 0.3) is 0 Å². The van der Waals surface area contributed by atoms with E-state index in [1.54, 1.807) is 11.0 Å². The van der Waals surface area contributed by atoms with Gasteiger partial charge in [-0.2, -0.15) is 0 Å². The van der Waals surface area contributed by atoms with Gasteiger partial charge in [-0.05, 0) is 56.9 Å². The SMILES string of the molecule is CN(C)CCCN(C(=O)Cc1ccccc1Cl)c1nc2ccc(Cl)cc2s1.Cl. The fourth-order valence-corrected chi connectivity index (χ4v) is 4.26. The van der Waals surface area contributed by atoms with Crippen molar-refractivity contribution in [3.05, 3.63) is 58.1 Å². The Labute approximate surface area is 185 Å². The van der Waals surface area contributed by atoms with Crippen LogP contribution < -0.4 is 4.90 Å². The second-order valence-electron chi connectivity index (χ2n) is 6.58. The fourth-order valence-electron chi connectivity index (χ4n) is 2.77. The molecule has 8 heteroatoms. The summed E-state index contributed by atoms with van der Waals surface area (Å²) in [4.78, 5) is 21.6. The Hall–Kier alpha value is -1.37. The van der Waals surface area contributed by atoms with E-state index in [1.165, 1.54) is 11.3 Å². The molecule has 0 spiro atoms. The minimum atomic E-state index is -0.00740. The minimum Gasteiger partial charge on any atom is -0.309 e. The van der Waals surface area contributed by atoms with Crippen LogP contribution in [0.2, 0.25) is 10.0 Å². The first-order valence-electron chi connectivity index (χ1n) is 8.68. The third kappa shape index (κ3) is 5.82. The molecule has 4 nitrogen and oxygen atoms in total. The Bertz CT molecular complexity index is 945. The molecule has 3 aromatic rings. The zero-order valence-corrected chi connectivity index (χ0v) is 18.8. The summed E-state index contributed by atoms with van der Waals surface area (Å²) in [6.07, 6.45) is 1.11. The van der Waals surface area contributed by atoms with Crippen molar-refractivity contribution in [2.45, 2.75) is 12.8 Å². The van der Waals surface area contributed by atoms with E-state index in [2.05, 4.69) is 9.88 Å². The third-order valence-electron chi connectivity index (χ3n) is 4.16. The topological polar surface area (TPSA) is 36.4 Å². The van der Waals surface area contributed by atoms with Crippen molar-refractivity contribution in [3.8, 4) is 0 Å². The smallest absolute Gasteiger partial charge is 0.233 e. The van der Waals surface area contributed by atoms with Gasteiger partial charge in [-0.25, -0.2) is 4.98 Å². The number of carbonyl (C=O) groups excluding carboxylic acids is 1. The Morgan fingerprint density at radius 3 is 2.57 bits per heavy atom. The predicted molar refractivity (Wildman–Crippen MR) is 123 cm³/mol. The monoisotopic (exact) mass is 457 g/mol. The second kappa shape index (κ2) is 10.4. The van der Waals surface area contributed by atoms with Crippen LogP contribution in [0.15, 0.2) is 42.5 Å². The highest BCUT2D eigenvalue weighted by Gasteiger charge is 2.20. The van der Waals surface area contributed by atoms with Crippen molar-refractivity contribution >= 4 is 68.2 Å². The maximum atomic E-state index is 13.1. The van der Waals surface area contributed by atoms with Crippen LogP contribution in [0, 0.1) is 0 Å². The molecule has 28 heavy (non-hydrogen) atoms. The molecule has 0 unspecified atom stereocenters. The van der Waals surface area contributed by atoms with Crippen molar-refractivity contribution in [3.63, 3.8) is 0 Å². The van der Waals surface area contributed by atoms with Crippen LogP contribution in [-0.2, 0) is 11.2 Å². The highest BCUT2D eigenvalue weighted by atomic mass is 35.5. The molecule has 0 saturated heterocycles. The number of rotatable bonds is 7. The van der Waals surface area contributed by atoms with E-state index >= 15 is 0 Å². The molecule has 0 atom stereocenters. The average molecular weight is 459 g/mol. The van der Waals surface area contributed by atoms with Crippen LogP contribution >= 0.6 is 46.9 Å². The summed E-state index contributed by atoms with van der Waals surface area (Å²) in [6.45, 7) is 1.50. The first kappa shape index (κ1) is 22.9. The molecule has 0 fully saturated rings. The zero-order valence-electron chi connectivity index (χ0n) is 15.7. The van der Waals surface area contributed by atoms with Crippen LogP contribution in [0.1, 0.15) is 12.0 Å². The van der Waals surface area contributed by atoms with E-state index in [0.717, 1.165) is 28.7 Å². The van der Waals surface area contributed by atoms with Crippen LogP contribution in [0.5, 0.6) is 0 Å². The second-order valence-corrected chi connectivity index (χ2v) is 8.43. The molecule has 0 saturated carbocycles. The van der Waals surface area contributed by atoms with Gasteiger partial charge in [-0.15, -0.1) is 12.4 Å². The van der Waals surface area contributed by atoms with E-state index in [9.17, 15) is 4.79 Å². The molecule has 0 radical (unpaired) electrons. The number of hydrogen-bond acceptors (Lipinski definition) is 4. The average Bonchev–Trinajstić information content (AvgIpc) is 3.03. The normalized spacial score (nSPS) is 10.9. The first-order chi connectivity index (χ1) is 12.9. The molecule has 0 aliphatic heterocycles. The van der Waals surface area contributed by atoms with Gasteiger partial charge in [0, 0.05) is 16.6 Å². The lowest BCUT2D eigenvalue weighted by molar-refractivity contribution is -0.118. The lowest BCUT2D eigenvalue weighted by Crippen LogP contribution is -2.34. The molecule has 3 rings (SSSR count). The van der Waals surface area contributed by atoms with E-state index in [1.807, 2.05) is 50.5 Å². The number of fused-ring (bicyclic) bond motifs is 1. The van der Waals surface area contributed by atoms with Gasteiger partial charge in [-0.3, -0.25) is 9.69 Å². The summed E-state index contributed by atoms with van der Waals surface area (Å²) in [7, 11) is 4.05. The van der Waals surface area contributed by atoms with Crippen molar-refractivity contribution in [1.29, 1.82) is 0 Å². The summed E-state index contributed by atoms with van der Waals surface area (Å²) < 4.78 is 0.973. The molecule has 0 bridgehead atoms. The number of thiazole rings is 1. The lowest BCUT2D eigenvalue weighted by Gasteiger charge is -2.21. The van der Waals surface area contributed by atoms with Gasteiger partial charge < -0.3 is 4.90 Å². The molecule has 1 aromatic heterocycles. The summed E-state index contributed by atoms with van der Waals surface area (Å²) in [5.41, 5.74) is 1.67. The van der Waals surface area contributed by atoms with E-state index in [-0.39, 0.29) is 24.7 Å². The minimum absolute atomic E-state index is 0. The van der Waals surface area contributed by atoms with Crippen LogP contribution in [0.3, 0.4) is 0 Å². The van der Waals surface area contributed by atoms with Gasteiger partial charge in [-0.1, -0.05) is 52.7 Å². The molecule has 0 aliphatic rings. The van der Waals surface area contributed by atoms with Crippen molar-refractivity contribution in [2.24, 2.45) is 0 Å². The molecule has 150 valence electrons. The van der Waals surface area contributed by atoms with Crippen LogP contribution in [0.25, 0.3) is 10.2 Å². The number of carbonyl (C=O) groups is 1. The largest absolute Gasteiger partial charge is 0.309 e. The number of anilines is 1. The molecule has 0 N–H and O–H groups in total. The molecule has 1 amide bonds. The number of aromatic nitrogens is 1. The molecule has 1 heterocycles. The number of amides is 1. The number of benzene rings is 2. The molecule has 2 aromatic carbocycles. The van der Waals surface area contributed by atoms with Gasteiger partial charge in [0.15, 0.2) is 5.13 Å². The number of nitrogens with zero attached hydrogens (tertiary/aromatic N) is 3. The van der Waals surface area contributed by atoms with Gasteiger partial charge >= 0.3 is 0 Å². The van der Waals surface area contributed by atoms with Crippen molar-refractivity contribution in [2.75, 3.05) is 32.1 Å². The summed E-state index contributed by atoms with van der Waals surface area (Å²) >= 11 is 13.8. The summed E-state index contributed by atoms with van der Waals surface area (Å²) in [5.74, 6) is -0.00740. The fraction of sp³-hybridized carbons (Fsp3) is 0.300. The Morgan fingerprint density at radius 1 is 1.11 bits per heavy atom. The van der Waals surface area contributed by atoms with Gasteiger partial charge in [0.2, 0.25) is 5.91 Å². The Balaban J connectivity index is 0.00000280. The quantitative estimate of drug-likeness (QED) is 0.465. The first-order valence-corrected chi connectivity index (χ1v) is 10.3. The van der Waals surface area contributed by atoms with Gasteiger partial charge in [0.05, 0.1) is 16.6 Å². The van der Waals surface area contributed by atoms with E-state index in [4.69, 9.17) is 23.2 Å². The zero-order chi connectivity index (χ0) is 19.4. The summed E-state index contributed by atoms with van der Waals surface area (Å²) in [6, 6.07) is 13.0. The summed E-state index contributed by atoms with van der Waals surface area (Å²) in [5, 5.41) is 1.97. The molecule has 0 aliphatic carbocycles. The maximum Gasteiger partial charge on any atom is 0.233 e. The lowest BCUT2D eigenvalue weighted by atomic mass is 10.1. The Kier molecular flexibility index (Phi) is 8.53. The highest BCUT2D eigenvalue weighted by Crippen LogP contribution is 2.31. The number of halogens is 3. The molecular weight excluding hydrogens is 437 g/mol. The third-order valence-corrected chi connectivity index (χ3v) is 5.80.